The molecule has 0 fully saturated rings. The Hall–Kier alpha value is -6.44. The van der Waals surface area contributed by atoms with Gasteiger partial charge in [0.05, 0.1) is 6.85 Å². The van der Waals surface area contributed by atoms with Crippen molar-refractivity contribution in [1.29, 1.82) is 0 Å². The van der Waals surface area contributed by atoms with Gasteiger partial charge < -0.3 is 4.42 Å². The van der Waals surface area contributed by atoms with Crippen LogP contribution in [0, 0.1) is 0 Å². The van der Waals surface area contributed by atoms with Crippen molar-refractivity contribution in [3.05, 3.63) is 182 Å². The quantitative estimate of drug-likeness (QED) is 0.177. The number of fused-ring (bicyclic) bond motifs is 6. The second-order valence-electron chi connectivity index (χ2n) is 12.5. The Morgan fingerprint density at radius 2 is 0.878 bits per heavy atom. The van der Waals surface area contributed by atoms with Gasteiger partial charge in [-0.1, -0.05) is 158 Å². The molecule has 0 atom stereocenters. The van der Waals surface area contributed by atoms with E-state index >= 15 is 0 Å². The molecule has 9 aromatic carbocycles. The predicted molar refractivity (Wildman–Crippen MR) is 208 cm³/mol. The zero-order valence-corrected chi connectivity index (χ0v) is 26.3. The standard InChI is InChI=1S/C48H30O/c1-2-12-31(13-3-1)32-22-24-33(25-23-32)37-16-6-7-17-38(37)48-41-20-10-8-18-39(41)47(40-19-9-11-21-42(40)48)36-26-27-45-43(29-36)44-28-34-14-4-5-15-35(34)30-46(44)49-45/h1-30H/i1D,2D,3D,12D,13D. The Morgan fingerprint density at radius 1 is 0.347 bits per heavy atom. The molecule has 0 amide bonds. The van der Waals surface area contributed by atoms with E-state index in [1.54, 1.807) is 0 Å². The molecule has 1 heteroatoms. The maximum absolute atomic E-state index is 8.49. The van der Waals surface area contributed by atoms with Crippen molar-refractivity contribution in [2.45, 2.75) is 0 Å². The number of hydrogen-bond donors (Lipinski definition) is 0. The third kappa shape index (κ3) is 4.47. The highest BCUT2D eigenvalue weighted by molar-refractivity contribution is 6.23. The summed E-state index contributed by atoms with van der Waals surface area (Å²) in [4.78, 5) is 0. The molecule has 0 aliphatic heterocycles. The van der Waals surface area contributed by atoms with Crippen LogP contribution < -0.4 is 0 Å². The molecule has 1 nitrogen and oxygen atoms in total. The SMILES string of the molecule is [2H]c1c([2H])c([2H])c(-c2ccc(-c3ccccc3-c3c4ccccc4c(-c4ccc5oc6cc7ccccc7cc6c5c4)c4ccccc34)cc2)c([2H])c1[2H]. The smallest absolute Gasteiger partial charge is 0.136 e. The molecule has 49 heavy (non-hydrogen) atoms. The van der Waals surface area contributed by atoms with Crippen molar-refractivity contribution >= 4 is 54.3 Å². The number of rotatable bonds is 4. The van der Waals surface area contributed by atoms with Crippen molar-refractivity contribution in [3.63, 3.8) is 0 Å². The maximum Gasteiger partial charge on any atom is 0.136 e. The van der Waals surface area contributed by atoms with Gasteiger partial charge in [-0.3, -0.25) is 0 Å². The van der Waals surface area contributed by atoms with Gasteiger partial charge in [0.25, 0.3) is 0 Å². The third-order valence-electron chi connectivity index (χ3n) is 9.74. The van der Waals surface area contributed by atoms with E-state index in [4.69, 9.17) is 11.3 Å². The largest absolute Gasteiger partial charge is 0.456 e. The zero-order valence-electron chi connectivity index (χ0n) is 31.3. The fourth-order valence-electron chi connectivity index (χ4n) is 7.51. The van der Waals surface area contributed by atoms with Crippen LogP contribution in [0.25, 0.3) is 98.8 Å². The molecule has 0 bridgehead atoms. The summed E-state index contributed by atoms with van der Waals surface area (Å²) >= 11 is 0. The Morgan fingerprint density at radius 3 is 1.57 bits per heavy atom. The topological polar surface area (TPSA) is 13.1 Å². The van der Waals surface area contributed by atoms with Crippen LogP contribution in [0.3, 0.4) is 0 Å². The lowest BCUT2D eigenvalue weighted by Gasteiger charge is -2.20. The first-order valence-electron chi connectivity index (χ1n) is 18.9. The van der Waals surface area contributed by atoms with E-state index < -0.39 is 6.04 Å². The highest BCUT2D eigenvalue weighted by atomic mass is 16.3. The summed E-state index contributed by atoms with van der Waals surface area (Å²) < 4.78 is 47.7. The summed E-state index contributed by atoms with van der Waals surface area (Å²) in [7, 11) is 0. The monoisotopic (exact) mass is 627 g/mol. The summed E-state index contributed by atoms with van der Waals surface area (Å²) in [6, 6.07) is 51.1. The van der Waals surface area contributed by atoms with Crippen molar-refractivity contribution in [2.75, 3.05) is 0 Å². The Bertz CT molecular complexity index is 3070. The van der Waals surface area contributed by atoms with Crippen molar-refractivity contribution in [3.8, 4) is 44.5 Å². The van der Waals surface area contributed by atoms with Gasteiger partial charge in [-0.05, 0) is 101 Å². The van der Waals surface area contributed by atoms with E-state index in [0.29, 0.717) is 5.56 Å². The van der Waals surface area contributed by atoms with Gasteiger partial charge in [0.15, 0.2) is 0 Å². The van der Waals surface area contributed by atoms with Gasteiger partial charge in [-0.2, -0.15) is 0 Å². The van der Waals surface area contributed by atoms with E-state index in [2.05, 4.69) is 121 Å². The van der Waals surface area contributed by atoms with Crippen molar-refractivity contribution in [1.82, 2.24) is 0 Å². The van der Waals surface area contributed by atoms with Crippen LogP contribution in [0.4, 0.5) is 0 Å². The highest BCUT2D eigenvalue weighted by Crippen LogP contribution is 2.47. The second-order valence-corrected chi connectivity index (χ2v) is 12.5. The molecule has 0 saturated carbocycles. The first-order chi connectivity index (χ1) is 26.4. The van der Waals surface area contributed by atoms with E-state index in [0.717, 1.165) is 76.7 Å². The lowest BCUT2D eigenvalue weighted by atomic mass is 9.83. The number of benzene rings is 9. The molecule has 0 N–H and O–H groups in total. The van der Waals surface area contributed by atoms with Crippen LogP contribution in [0.1, 0.15) is 6.85 Å². The third-order valence-corrected chi connectivity index (χ3v) is 9.74. The molecule has 0 aliphatic rings. The van der Waals surface area contributed by atoms with Crippen molar-refractivity contribution in [2.24, 2.45) is 0 Å². The van der Waals surface area contributed by atoms with E-state index in [-0.39, 0.29) is 29.7 Å². The second kappa shape index (κ2) is 11.1. The van der Waals surface area contributed by atoms with Crippen molar-refractivity contribution < 1.29 is 11.3 Å². The predicted octanol–water partition coefficient (Wildman–Crippen LogP) is 13.7. The molecule has 1 aromatic heterocycles. The molecule has 228 valence electrons. The van der Waals surface area contributed by atoms with Crippen LogP contribution in [0.2, 0.25) is 0 Å². The lowest BCUT2D eigenvalue weighted by Crippen LogP contribution is -1.92. The molecule has 0 aliphatic carbocycles. The first-order valence-corrected chi connectivity index (χ1v) is 16.4. The summed E-state index contributed by atoms with van der Waals surface area (Å²) in [6.45, 7) is 0. The molecule has 0 unspecified atom stereocenters. The average Bonchev–Trinajstić information content (AvgIpc) is 3.57. The van der Waals surface area contributed by atoms with E-state index in [1.165, 1.54) is 10.9 Å². The molecular weight excluding hydrogens is 593 g/mol. The van der Waals surface area contributed by atoms with Crippen LogP contribution in [-0.4, -0.2) is 0 Å². The van der Waals surface area contributed by atoms with Gasteiger partial charge in [-0.25, -0.2) is 0 Å². The minimum Gasteiger partial charge on any atom is -0.456 e. The van der Waals surface area contributed by atoms with Crippen LogP contribution >= 0.6 is 0 Å². The van der Waals surface area contributed by atoms with Gasteiger partial charge in [0.2, 0.25) is 0 Å². The van der Waals surface area contributed by atoms with Crippen LogP contribution in [0.5, 0.6) is 0 Å². The van der Waals surface area contributed by atoms with Gasteiger partial charge in [0.1, 0.15) is 11.2 Å². The summed E-state index contributed by atoms with van der Waals surface area (Å²) in [5, 5.41) is 9.09. The molecular formula is C48H30O. The minimum atomic E-state index is -0.394. The van der Waals surface area contributed by atoms with Crippen LogP contribution in [-0.2, 0) is 0 Å². The Balaban J connectivity index is 1.17. The molecule has 0 saturated heterocycles. The van der Waals surface area contributed by atoms with Crippen LogP contribution in [0.15, 0.2) is 186 Å². The summed E-state index contributed by atoms with van der Waals surface area (Å²) in [5.41, 5.74) is 9.01. The van der Waals surface area contributed by atoms with E-state index in [1.807, 2.05) is 30.3 Å². The summed E-state index contributed by atoms with van der Waals surface area (Å²) in [6.07, 6.45) is 0. The minimum absolute atomic E-state index is 0.198. The maximum atomic E-state index is 8.49. The van der Waals surface area contributed by atoms with E-state index in [9.17, 15) is 0 Å². The fourth-order valence-corrected chi connectivity index (χ4v) is 7.51. The summed E-state index contributed by atoms with van der Waals surface area (Å²) in [5.74, 6) is 0. The average molecular weight is 628 g/mol. The Kier molecular flexibility index (Phi) is 5.20. The number of furan rings is 1. The first kappa shape index (κ1) is 23.0. The molecule has 10 aromatic rings. The zero-order chi connectivity index (χ0) is 36.7. The molecule has 0 radical (unpaired) electrons. The molecule has 1 heterocycles. The molecule has 10 rings (SSSR count). The normalized spacial score (nSPS) is 13.1. The number of hydrogen-bond acceptors (Lipinski definition) is 1. The highest BCUT2D eigenvalue weighted by Gasteiger charge is 2.20. The van der Waals surface area contributed by atoms with Gasteiger partial charge >= 0.3 is 0 Å². The Labute approximate surface area is 291 Å². The van der Waals surface area contributed by atoms with Gasteiger partial charge in [0, 0.05) is 10.8 Å². The van der Waals surface area contributed by atoms with Gasteiger partial charge in [-0.15, -0.1) is 0 Å². The lowest BCUT2D eigenvalue weighted by molar-refractivity contribution is 0.669. The molecule has 0 spiro atoms. The fraction of sp³-hybridized carbons (Fsp3) is 0.